The van der Waals surface area contributed by atoms with Gasteiger partial charge in [0.25, 0.3) is 0 Å². The normalized spacial score (nSPS) is 16.0. The summed E-state index contributed by atoms with van der Waals surface area (Å²) in [6.45, 7) is 4.25. The third-order valence-corrected chi connectivity index (χ3v) is 4.74. The lowest BCUT2D eigenvalue weighted by molar-refractivity contribution is 0.191. The molecule has 0 aromatic heterocycles. The number of rotatable bonds is 6. The third kappa shape index (κ3) is 4.92. The van der Waals surface area contributed by atoms with Crippen molar-refractivity contribution in [2.75, 3.05) is 19.6 Å². The van der Waals surface area contributed by atoms with Crippen LogP contribution in [0.25, 0.3) is 0 Å². The molecule has 0 unspecified atom stereocenters. The van der Waals surface area contributed by atoms with Crippen LogP contribution in [-0.2, 0) is 13.0 Å². The van der Waals surface area contributed by atoms with Crippen molar-refractivity contribution in [3.05, 3.63) is 71.3 Å². The Labute approximate surface area is 144 Å². The lowest BCUT2D eigenvalue weighted by Gasteiger charge is -2.32. The zero-order valence-corrected chi connectivity index (χ0v) is 14.1. The quantitative estimate of drug-likeness (QED) is 0.887. The molecule has 3 heteroatoms. The van der Waals surface area contributed by atoms with Gasteiger partial charge in [0.15, 0.2) is 0 Å². The summed E-state index contributed by atoms with van der Waals surface area (Å²) >= 11 is 0. The average molecular weight is 319 g/mol. The molecule has 0 radical (unpaired) electrons. The van der Waals surface area contributed by atoms with Gasteiger partial charge in [0.05, 0.1) is 11.6 Å². The van der Waals surface area contributed by atoms with Gasteiger partial charge in [-0.15, -0.1) is 0 Å². The SMILES string of the molecule is N#Cc1cccc(CN2CCC(NCCc3ccccc3)CC2)c1. The van der Waals surface area contributed by atoms with Gasteiger partial charge >= 0.3 is 0 Å². The molecular weight excluding hydrogens is 294 g/mol. The molecule has 0 spiro atoms. The molecule has 3 nitrogen and oxygen atoms in total. The standard InChI is InChI=1S/C21H25N3/c22-16-19-7-4-8-20(15-19)17-24-13-10-21(11-14-24)23-12-9-18-5-2-1-3-6-18/h1-8,15,21,23H,9-14,17H2. The van der Waals surface area contributed by atoms with Gasteiger partial charge in [-0.2, -0.15) is 5.26 Å². The molecule has 0 saturated carbocycles. The second-order valence-electron chi connectivity index (χ2n) is 6.55. The van der Waals surface area contributed by atoms with Crippen LogP contribution in [0.15, 0.2) is 54.6 Å². The molecule has 124 valence electrons. The summed E-state index contributed by atoms with van der Waals surface area (Å²) in [6.07, 6.45) is 3.50. The van der Waals surface area contributed by atoms with E-state index in [-0.39, 0.29) is 0 Å². The maximum atomic E-state index is 9.00. The largest absolute Gasteiger partial charge is 0.314 e. The Morgan fingerprint density at radius 3 is 2.50 bits per heavy atom. The van der Waals surface area contributed by atoms with Crippen LogP contribution in [0.2, 0.25) is 0 Å². The Kier molecular flexibility index (Phi) is 6.01. The van der Waals surface area contributed by atoms with Gasteiger partial charge in [-0.1, -0.05) is 42.5 Å². The fourth-order valence-corrected chi connectivity index (χ4v) is 3.36. The lowest BCUT2D eigenvalue weighted by Crippen LogP contribution is -2.42. The van der Waals surface area contributed by atoms with Crippen molar-refractivity contribution >= 4 is 0 Å². The predicted molar refractivity (Wildman–Crippen MR) is 97.6 cm³/mol. The highest BCUT2D eigenvalue weighted by Gasteiger charge is 2.18. The maximum Gasteiger partial charge on any atom is 0.0991 e. The van der Waals surface area contributed by atoms with E-state index in [2.05, 4.69) is 52.7 Å². The number of nitrogens with zero attached hydrogens (tertiary/aromatic N) is 2. The van der Waals surface area contributed by atoms with Crippen LogP contribution < -0.4 is 5.32 Å². The van der Waals surface area contributed by atoms with Crippen LogP contribution in [0.3, 0.4) is 0 Å². The molecule has 1 saturated heterocycles. The summed E-state index contributed by atoms with van der Waals surface area (Å²) in [4.78, 5) is 2.49. The highest BCUT2D eigenvalue weighted by molar-refractivity contribution is 5.32. The first-order valence-electron chi connectivity index (χ1n) is 8.82. The van der Waals surface area contributed by atoms with Gasteiger partial charge in [0, 0.05) is 12.6 Å². The molecule has 0 aliphatic carbocycles. The minimum Gasteiger partial charge on any atom is -0.314 e. The summed E-state index contributed by atoms with van der Waals surface area (Å²) in [6, 6.07) is 21.5. The van der Waals surface area contributed by atoms with Crippen molar-refractivity contribution in [1.29, 1.82) is 5.26 Å². The first-order chi connectivity index (χ1) is 11.8. The van der Waals surface area contributed by atoms with Gasteiger partial charge in [-0.25, -0.2) is 0 Å². The molecule has 1 fully saturated rings. The highest BCUT2D eigenvalue weighted by Crippen LogP contribution is 2.15. The molecule has 1 heterocycles. The fourth-order valence-electron chi connectivity index (χ4n) is 3.36. The molecule has 24 heavy (non-hydrogen) atoms. The third-order valence-electron chi connectivity index (χ3n) is 4.74. The number of hydrogen-bond acceptors (Lipinski definition) is 3. The fraction of sp³-hybridized carbons (Fsp3) is 0.381. The molecule has 1 N–H and O–H groups in total. The first-order valence-corrected chi connectivity index (χ1v) is 8.82. The first kappa shape index (κ1) is 16.7. The number of nitrogens with one attached hydrogen (secondary N) is 1. The van der Waals surface area contributed by atoms with Crippen LogP contribution in [0.5, 0.6) is 0 Å². The summed E-state index contributed by atoms with van der Waals surface area (Å²) in [5.74, 6) is 0. The number of benzene rings is 2. The van der Waals surface area contributed by atoms with E-state index in [9.17, 15) is 0 Å². The minimum absolute atomic E-state index is 0.635. The van der Waals surface area contributed by atoms with Crippen LogP contribution in [0.1, 0.15) is 29.5 Å². The van der Waals surface area contributed by atoms with Gasteiger partial charge in [0.1, 0.15) is 0 Å². The van der Waals surface area contributed by atoms with Crippen LogP contribution in [-0.4, -0.2) is 30.6 Å². The number of hydrogen-bond donors (Lipinski definition) is 1. The Bertz CT molecular complexity index is 667. The van der Waals surface area contributed by atoms with E-state index in [4.69, 9.17) is 5.26 Å². The smallest absolute Gasteiger partial charge is 0.0991 e. The minimum atomic E-state index is 0.635. The molecule has 2 aromatic rings. The van der Waals surface area contributed by atoms with Crippen molar-refractivity contribution in [2.24, 2.45) is 0 Å². The van der Waals surface area contributed by atoms with Crippen molar-refractivity contribution in [3.63, 3.8) is 0 Å². The molecule has 2 aromatic carbocycles. The topological polar surface area (TPSA) is 39.1 Å². The van der Waals surface area contributed by atoms with Crippen molar-refractivity contribution in [1.82, 2.24) is 10.2 Å². The van der Waals surface area contributed by atoms with Gasteiger partial charge < -0.3 is 5.32 Å². The number of piperidine rings is 1. The highest BCUT2D eigenvalue weighted by atomic mass is 15.1. The average Bonchev–Trinajstić information content (AvgIpc) is 2.64. The lowest BCUT2D eigenvalue weighted by atomic mass is 10.0. The van der Waals surface area contributed by atoms with Crippen molar-refractivity contribution in [3.8, 4) is 6.07 Å². The summed E-state index contributed by atoms with van der Waals surface area (Å²) < 4.78 is 0. The summed E-state index contributed by atoms with van der Waals surface area (Å²) in [5, 5.41) is 12.7. The Morgan fingerprint density at radius 2 is 1.75 bits per heavy atom. The van der Waals surface area contributed by atoms with E-state index in [1.165, 1.54) is 24.0 Å². The molecule has 0 amide bonds. The van der Waals surface area contributed by atoms with Gasteiger partial charge in [0.2, 0.25) is 0 Å². The molecule has 0 bridgehead atoms. The Hall–Kier alpha value is -2.15. The van der Waals surface area contributed by atoms with E-state index < -0.39 is 0 Å². The second kappa shape index (κ2) is 8.63. The molecular formula is C21H25N3. The van der Waals surface area contributed by atoms with Gasteiger partial charge in [-0.3, -0.25) is 4.90 Å². The summed E-state index contributed by atoms with van der Waals surface area (Å²) in [5.41, 5.74) is 3.40. The van der Waals surface area contributed by atoms with Crippen LogP contribution in [0, 0.1) is 11.3 Å². The van der Waals surface area contributed by atoms with E-state index >= 15 is 0 Å². The number of nitriles is 1. The molecule has 1 aliphatic rings. The molecule has 3 rings (SSSR count). The van der Waals surface area contributed by atoms with E-state index in [1.807, 2.05) is 18.2 Å². The molecule has 0 atom stereocenters. The van der Waals surface area contributed by atoms with Crippen molar-refractivity contribution in [2.45, 2.75) is 31.8 Å². The van der Waals surface area contributed by atoms with E-state index in [1.54, 1.807) is 0 Å². The predicted octanol–water partition coefficient (Wildman–Crippen LogP) is 3.35. The molecule has 1 aliphatic heterocycles. The zero-order chi connectivity index (χ0) is 16.6. The van der Waals surface area contributed by atoms with E-state index in [0.29, 0.717) is 6.04 Å². The maximum absolute atomic E-state index is 9.00. The monoisotopic (exact) mass is 319 g/mol. The number of likely N-dealkylation sites (tertiary alicyclic amines) is 1. The zero-order valence-electron chi connectivity index (χ0n) is 14.1. The Balaban J connectivity index is 1.38. The van der Waals surface area contributed by atoms with Crippen LogP contribution in [0.4, 0.5) is 0 Å². The van der Waals surface area contributed by atoms with E-state index in [0.717, 1.165) is 38.2 Å². The van der Waals surface area contributed by atoms with Crippen molar-refractivity contribution < 1.29 is 0 Å². The summed E-state index contributed by atoms with van der Waals surface area (Å²) in [7, 11) is 0. The van der Waals surface area contributed by atoms with Crippen LogP contribution >= 0.6 is 0 Å². The van der Waals surface area contributed by atoms with Gasteiger partial charge in [-0.05, 0) is 62.2 Å². The Morgan fingerprint density at radius 1 is 1.00 bits per heavy atom. The second-order valence-corrected chi connectivity index (χ2v) is 6.55.